The van der Waals surface area contributed by atoms with Crippen LogP contribution in [0.15, 0.2) is 42.7 Å². The molecule has 4 heteroatoms. The van der Waals surface area contributed by atoms with Crippen LogP contribution in [0.25, 0.3) is 0 Å². The first-order valence-corrected chi connectivity index (χ1v) is 5.56. The molecule has 1 heterocycles. The minimum atomic E-state index is -0.831. The van der Waals surface area contributed by atoms with Gasteiger partial charge in [0.15, 0.2) is 0 Å². The summed E-state index contributed by atoms with van der Waals surface area (Å²) in [6.45, 7) is 0. The fraction of sp³-hybridized carbons (Fsp3) is 0.154. The molecule has 17 heavy (non-hydrogen) atoms. The van der Waals surface area contributed by atoms with Crippen LogP contribution in [-0.4, -0.2) is 10.1 Å². The highest BCUT2D eigenvalue weighted by atomic mass is 35.5. The number of benzene rings is 1. The van der Waals surface area contributed by atoms with E-state index < -0.39 is 11.9 Å². The van der Waals surface area contributed by atoms with Crippen molar-refractivity contribution in [3.63, 3.8) is 0 Å². The molecule has 0 aliphatic heterocycles. The standard InChI is InChI=1S/C13H11ClFNO/c14-12-4-3-10(15)7-11(12)13(17)6-9-2-1-5-16-8-9/h1-5,7-8,13,17H,6H2. The van der Waals surface area contributed by atoms with E-state index in [4.69, 9.17) is 11.6 Å². The molecule has 2 aromatic rings. The van der Waals surface area contributed by atoms with E-state index in [-0.39, 0.29) is 0 Å². The lowest BCUT2D eigenvalue weighted by molar-refractivity contribution is 0.178. The molecule has 1 aromatic carbocycles. The molecule has 0 spiro atoms. The molecule has 88 valence electrons. The zero-order chi connectivity index (χ0) is 12.3. The van der Waals surface area contributed by atoms with Gasteiger partial charge in [-0.05, 0) is 29.8 Å². The highest BCUT2D eigenvalue weighted by molar-refractivity contribution is 6.31. The fourth-order valence-corrected chi connectivity index (χ4v) is 1.87. The van der Waals surface area contributed by atoms with Gasteiger partial charge < -0.3 is 5.11 Å². The SMILES string of the molecule is OC(Cc1cccnc1)c1cc(F)ccc1Cl. The maximum atomic E-state index is 13.1. The van der Waals surface area contributed by atoms with Crippen molar-refractivity contribution < 1.29 is 9.50 Å². The van der Waals surface area contributed by atoms with Crippen LogP contribution in [0, 0.1) is 5.82 Å². The van der Waals surface area contributed by atoms with Crippen molar-refractivity contribution in [1.29, 1.82) is 0 Å². The second-order valence-corrected chi connectivity index (χ2v) is 4.15. The van der Waals surface area contributed by atoms with Crippen LogP contribution in [0.4, 0.5) is 4.39 Å². The minimum Gasteiger partial charge on any atom is -0.388 e. The molecule has 0 saturated carbocycles. The van der Waals surface area contributed by atoms with Gasteiger partial charge in [0.2, 0.25) is 0 Å². The zero-order valence-electron chi connectivity index (χ0n) is 8.98. The van der Waals surface area contributed by atoms with Crippen molar-refractivity contribution in [2.24, 2.45) is 0 Å². The van der Waals surface area contributed by atoms with Crippen LogP contribution < -0.4 is 0 Å². The van der Waals surface area contributed by atoms with Gasteiger partial charge in [0.05, 0.1) is 6.10 Å². The van der Waals surface area contributed by atoms with Gasteiger partial charge in [-0.3, -0.25) is 4.98 Å². The third-order valence-corrected chi connectivity index (χ3v) is 2.81. The molecule has 0 radical (unpaired) electrons. The number of hydrogen-bond donors (Lipinski definition) is 1. The molecule has 0 fully saturated rings. The molecule has 0 aliphatic carbocycles. The quantitative estimate of drug-likeness (QED) is 0.909. The van der Waals surface area contributed by atoms with Crippen molar-refractivity contribution in [2.45, 2.75) is 12.5 Å². The maximum Gasteiger partial charge on any atom is 0.123 e. The first-order chi connectivity index (χ1) is 8.16. The Morgan fingerprint density at radius 1 is 1.35 bits per heavy atom. The molecule has 0 saturated heterocycles. The van der Waals surface area contributed by atoms with Crippen molar-refractivity contribution in [2.75, 3.05) is 0 Å². The fourth-order valence-electron chi connectivity index (χ4n) is 1.62. The third-order valence-electron chi connectivity index (χ3n) is 2.47. The summed E-state index contributed by atoms with van der Waals surface area (Å²) in [5.74, 6) is -0.408. The van der Waals surface area contributed by atoms with E-state index in [2.05, 4.69) is 4.98 Å². The van der Waals surface area contributed by atoms with Gasteiger partial charge >= 0.3 is 0 Å². The summed E-state index contributed by atoms with van der Waals surface area (Å²) >= 11 is 5.92. The molecule has 1 atom stereocenters. The van der Waals surface area contributed by atoms with Crippen molar-refractivity contribution in [3.05, 3.63) is 64.7 Å². The summed E-state index contributed by atoms with van der Waals surface area (Å²) in [4.78, 5) is 3.95. The molecule has 2 nitrogen and oxygen atoms in total. The summed E-state index contributed by atoms with van der Waals surface area (Å²) in [5, 5.41) is 10.4. The smallest absolute Gasteiger partial charge is 0.123 e. The van der Waals surface area contributed by atoms with E-state index in [0.717, 1.165) is 5.56 Å². The Morgan fingerprint density at radius 3 is 2.88 bits per heavy atom. The number of halogens is 2. The topological polar surface area (TPSA) is 33.1 Å². The lowest BCUT2D eigenvalue weighted by Gasteiger charge is -2.12. The van der Waals surface area contributed by atoms with E-state index >= 15 is 0 Å². The predicted molar refractivity (Wildman–Crippen MR) is 64.3 cm³/mol. The molecule has 1 unspecified atom stereocenters. The van der Waals surface area contributed by atoms with Crippen LogP contribution in [0.5, 0.6) is 0 Å². The van der Waals surface area contributed by atoms with Crippen LogP contribution in [-0.2, 0) is 6.42 Å². The van der Waals surface area contributed by atoms with Crippen molar-refractivity contribution in [3.8, 4) is 0 Å². The van der Waals surface area contributed by atoms with Gasteiger partial charge in [-0.1, -0.05) is 17.7 Å². The highest BCUT2D eigenvalue weighted by Gasteiger charge is 2.13. The Bertz CT molecular complexity index is 504. The average Bonchev–Trinajstić information content (AvgIpc) is 2.33. The van der Waals surface area contributed by atoms with Gasteiger partial charge in [0.25, 0.3) is 0 Å². The Hall–Kier alpha value is -1.45. The number of nitrogens with zero attached hydrogens (tertiary/aromatic N) is 1. The van der Waals surface area contributed by atoms with Crippen molar-refractivity contribution >= 4 is 11.6 Å². The molecule has 0 aliphatic rings. The maximum absolute atomic E-state index is 13.1. The van der Waals surface area contributed by atoms with Gasteiger partial charge in [0, 0.05) is 29.4 Å². The Kier molecular flexibility index (Phi) is 3.71. The van der Waals surface area contributed by atoms with Crippen LogP contribution in [0.2, 0.25) is 5.02 Å². The van der Waals surface area contributed by atoms with E-state index in [1.807, 2.05) is 6.07 Å². The van der Waals surface area contributed by atoms with Gasteiger partial charge in [-0.25, -0.2) is 4.39 Å². The second-order valence-electron chi connectivity index (χ2n) is 3.75. The molecule has 0 bridgehead atoms. The Morgan fingerprint density at radius 2 is 2.18 bits per heavy atom. The normalized spacial score (nSPS) is 12.4. The number of aromatic nitrogens is 1. The van der Waals surface area contributed by atoms with E-state index in [0.29, 0.717) is 17.0 Å². The first-order valence-electron chi connectivity index (χ1n) is 5.19. The van der Waals surface area contributed by atoms with Gasteiger partial charge in [0.1, 0.15) is 5.82 Å². The third kappa shape index (κ3) is 3.02. The lowest BCUT2D eigenvalue weighted by Crippen LogP contribution is -2.03. The number of aliphatic hydroxyl groups excluding tert-OH is 1. The Labute approximate surface area is 104 Å². The average molecular weight is 252 g/mol. The van der Waals surface area contributed by atoms with E-state index in [1.165, 1.54) is 18.2 Å². The molecule has 2 rings (SSSR count). The summed E-state index contributed by atoms with van der Waals surface area (Å²) in [7, 11) is 0. The van der Waals surface area contributed by atoms with Gasteiger partial charge in [-0.2, -0.15) is 0 Å². The summed E-state index contributed by atoms with van der Waals surface area (Å²) in [6, 6.07) is 7.60. The number of hydrogen-bond acceptors (Lipinski definition) is 2. The molecule has 1 aromatic heterocycles. The predicted octanol–water partition coefficient (Wildman–Crippen LogP) is 3.15. The number of rotatable bonds is 3. The second kappa shape index (κ2) is 5.25. The molecule has 0 amide bonds. The summed E-state index contributed by atoms with van der Waals surface area (Å²) in [6.07, 6.45) is 2.85. The monoisotopic (exact) mass is 251 g/mol. The summed E-state index contributed by atoms with van der Waals surface area (Å²) < 4.78 is 13.1. The van der Waals surface area contributed by atoms with Gasteiger partial charge in [-0.15, -0.1) is 0 Å². The lowest BCUT2D eigenvalue weighted by atomic mass is 10.0. The highest BCUT2D eigenvalue weighted by Crippen LogP contribution is 2.26. The minimum absolute atomic E-state index is 0.358. The van der Waals surface area contributed by atoms with E-state index in [1.54, 1.807) is 18.5 Å². The molecular weight excluding hydrogens is 241 g/mol. The molecular formula is C13H11ClFNO. The van der Waals surface area contributed by atoms with E-state index in [9.17, 15) is 9.50 Å². The van der Waals surface area contributed by atoms with Crippen LogP contribution >= 0.6 is 11.6 Å². The number of aliphatic hydroxyl groups is 1. The summed E-state index contributed by atoms with van der Waals surface area (Å²) in [5.41, 5.74) is 1.27. The molecule has 1 N–H and O–H groups in total. The first kappa shape index (κ1) is 12.0. The van der Waals surface area contributed by atoms with Crippen LogP contribution in [0.1, 0.15) is 17.2 Å². The van der Waals surface area contributed by atoms with Crippen LogP contribution in [0.3, 0.4) is 0 Å². The Balaban J connectivity index is 2.20. The largest absolute Gasteiger partial charge is 0.388 e. The van der Waals surface area contributed by atoms with Crippen molar-refractivity contribution in [1.82, 2.24) is 4.98 Å². The number of pyridine rings is 1. The zero-order valence-corrected chi connectivity index (χ0v) is 9.73.